The van der Waals surface area contributed by atoms with Gasteiger partial charge in [-0.25, -0.2) is 14.2 Å². The van der Waals surface area contributed by atoms with Gasteiger partial charge in [-0.2, -0.15) is 4.98 Å². The number of carboxylic acids is 1. The second-order valence-electron chi connectivity index (χ2n) is 7.42. The van der Waals surface area contributed by atoms with Gasteiger partial charge >= 0.3 is 5.97 Å². The molecular formula is C24H23FN4O3. The Kier molecular flexibility index (Phi) is 6.42. The van der Waals surface area contributed by atoms with Crippen molar-refractivity contribution in [2.75, 3.05) is 36.5 Å². The highest BCUT2D eigenvalue weighted by Crippen LogP contribution is 2.31. The summed E-state index contributed by atoms with van der Waals surface area (Å²) in [5.41, 5.74) is 3.71. The van der Waals surface area contributed by atoms with Gasteiger partial charge in [-0.05, 0) is 54.0 Å². The van der Waals surface area contributed by atoms with Crippen molar-refractivity contribution >= 4 is 29.5 Å². The van der Waals surface area contributed by atoms with Crippen LogP contribution in [0.25, 0.3) is 17.2 Å². The van der Waals surface area contributed by atoms with Gasteiger partial charge in [0.1, 0.15) is 11.6 Å². The summed E-state index contributed by atoms with van der Waals surface area (Å²) < 4.78 is 19.1. The average molecular weight is 434 g/mol. The van der Waals surface area contributed by atoms with E-state index in [1.54, 1.807) is 31.3 Å². The minimum absolute atomic E-state index is 0.266. The third-order valence-electron chi connectivity index (χ3n) is 5.11. The Balaban J connectivity index is 1.71. The van der Waals surface area contributed by atoms with Gasteiger partial charge in [0.2, 0.25) is 5.95 Å². The molecule has 1 aromatic heterocycles. The predicted molar refractivity (Wildman–Crippen MR) is 122 cm³/mol. The fourth-order valence-corrected chi connectivity index (χ4v) is 3.48. The van der Waals surface area contributed by atoms with Gasteiger partial charge < -0.3 is 20.1 Å². The zero-order chi connectivity index (χ0) is 22.5. The molecule has 1 fully saturated rings. The van der Waals surface area contributed by atoms with Gasteiger partial charge in [0.15, 0.2) is 0 Å². The standard InChI is InChI=1S/C24H23FN4O3/c1-16-13-19(6-7-21(16)25)27-24-26-15-20(23(28-24)29-9-11-32-12-10-29)18-4-2-3-17(14-18)5-8-22(30)31/h2-8,13-15H,9-12H2,1H3,(H,30,31)(H,26,27,28)/b8-5+. The molecule has 0 saturated carbocycles. The number of aromatic nitrogens is 2. The first kappa shape index (κ1) is 21.5. The van der Waals surface area contributed by atoms with E-state index in [0.29, 0.717) is 43.5 Å². The molecule has 2 N–H and O–H groups in total. The molecule has 0 aliphatic carbocycles. The molecule has 0 bridgehead atoms. The fourth-order valence-electron chi connectivity index (χ4n) is 3.48. The number of rotatable bonds is 6. The Morgan fingerprint density at radius 1 is 1.22 bits per heavy atom. The summed E-state index contributed by atoms with van der Waals surface area (Å²) in [4.78, 5) is 22.2. The number of carbonyl (C=O) groups is 1. The number of halogens is 1. The topological polar surface area (TPSA) is 87.6 Å². The molecule has 0 radical (unpaired) electrons. The number of hydrogen-bond acceptors (Lipinski definition) is 6. The highest BCUT2D eigenvalue weighted by Gasteiger charge is 2.19. The van der Waals surface area contributed by atoms with Crippen molar-refractivity contribution in [3.63, 3.8) is 0 Å². The van der Waals surface area contributed by atoms with Crippen molar-refractivity contribution in [3.8, 4) is 11.1 Å². The summed E-state index contributed by atoms with van der Waals surface area (Å²) in [5.74, 6) is -0.107. The number of carboxylic acid groups (broad SMARTS) is 1. The molecule has 164 valence electrons. The number of anilines is 3. The molecule has 0 unspecified atom stereocenters. The maximum Gasteiger partial charge on any atom is 0.328 e. The third kappa shape index (κ3) is 5.09. The summed E-state index contributed by atoms with van der Waals surface area (Å²) in [6.07, 6.45) is 4.40. The molecule has 3 aromatic rings. The smallest absolute Gasteiger partial charge is 0.328 e. The number of morpholine rings is 1. The van der Waals surface area contributed by atoms with E-state index in [1.807, 2.05) is 24.3 Å². The van der Waals surface area contributed by atoms with Gasteiger partial charge in [0, 0.05) is 36.6 Å². The molecule has 2 aromatic carbocycles. The SMILES string of the molecule is Cc1cc(Nc2ncc(-c3cccc(/C=C/C(=O)O)c3)c(N3CCOCC3)n2)ccc1F. The van der Waals surface area contributed by atoms with Crippen molar-refractivity contribution in [2.45, 2.75) is 6.92 Å². The molecule has 1 saturated heterocycles. The zero-order valence-electron chi connectivity index (χ0n) is 17.6. The van der Waals surface area contributed by atoms with Crippen LogP contribution >= 0.6 is 0 Å². The molecule has 0 atom stereocenters. The molecular weight excluding hydrogens is 411 g/mol. The molecule has 8 heteroatoms. The second kappa shape index (κ2) is 9.57. The summed E-state index contributed by atoms with van der Waals surface area (Å²) in [5, 5.41) is 12.1. The van der Waals surface area contributed by atoms with Crippen LogP contribution in [0.1, 0.15) is 11.1 Å². The number of benzene rings is 2. The Morgan fingerprint density at radius 2 is 2.03 bits per heavy atom. The molecule has 2 heterocycles. The average Bonchev–Trinajstić information content (AvgIpc) is 2.81. The summed E-state index contributed by atoms with van der Waals surface area (Å²) in [6, 6.07) is 12.3. The van der Waals surface area contributed by atoms with Gasteiger partial charge in [-0.1, -0.05) is 18.2 Å². The minimum atomic E-state index is -1.00. The van der Waals surface area contributed by atoms with E-state index in [-0.39, 0.29) is 5.82 Å². The number of aliphatic carboxylic acids is 1. The number of nitrogens with zero attached hydrogens (tertiary/aromatic N) is 3. The van der Waals surface area contributed by atoms with Crippen LogP contribution in [0.15, 0.2) is 54.7 Å². The van der Waals surface area contributed by atoms with Crippen LogP contribution in [0, 0.1) is 12.7 Å². The Labute approximate surface area is 185 Å². The number of ether oxygens (including phenoxy) is 1. The lowest BCUT2D eigenvalue weighted by Crippen LogP contribution is -2.37. The first-order valence-corrected chi connectivity index (χ1v) is 10.2. The molecule has 1 aliphatic rings. The number of hydrogen-bond donors (Lipinski definition) is 2. The van der Waals surface area contributed by atoms with E-state index in [2.05, 4.69) is 15.2 Å². The van der Waals surface area contributed by atoms with Gasteiger partial charge in [0.25, 0.3) is 0 Å². The van der Waals surface area contributed by atoms with Crippen LogP contribution in [0.5, 0.6) is 0 Å². The largest absolute Gasteiger partial charge is 0.478 e. The first-order valence-electron chi connectivity index (χ1n) is 10.2. The lowest BCUT2D eigenvalue weighted by atomic mass is 10.0. The normalized spacial score (nSPS) is 14.0. The van der Waals surface area contributed by atoms with Crippen LogP contribution in [-0.4, -0.2) is 47.3 Å². The van der Waals surface area contributed by atoms with E-state index in [0.717, 1.165) is 28.6 Å². The number of nitrogens with one attached hydrogen (secondary N) is 1. The van der Waals surface area contributed by atoms with E-state index in [9.17, 15) is 9.18 Å². The Hall–Kier alpha value is -3.78. The maximum atomic E-state index is 13.6. The molecule has 0 amide bonds. The molecule has 32 heavy (non-hydrogen) atoms. The highest BCUT2D eigenvalue weighted by molar-refractivity contribution is 5.86. The van der Waals surface area contributed by atoms with E-state index >= 15 is 0 Å². The van der Waals surface area contributed by atoms with Gasteiger partial charge in [-0.3, -0.25) is 0 Å². The minimum Gasteiger partial charge on any atom is -0.478 e. The monoisotopic (exact) mass is 434 g/mol. The van der Waals surface area contributed by atoms with E-state index in [4.69, 9.17) is 14.8 Å². The predicted octanol–water partition coefficient (Wildman–Crippen LogP) is 4.27. The van der Waals surface area contributed by atoms with E-state index < -0.39 is 5.97 Å². The van der Waals surface area contributed by atoms with Crippen LogP contribution < -0.4 is 10.2 Å². The lowest BCUT2D eigenvalue weighted by molar-refractivity contribution is -0.131. The van der Waals surface area contributed by atoms with E-state index in [1.165, 1.54) is 6.07 Å². The Morgan fingerprint density at radius 3 is 2.78 bits per heavy atom. The quantitative estimate of drug-likeness (QED) is 0.560. The Bertz CT molecular complexity index is 1160. The van der Waals surface area contributed by atoms with Crippen LogP contribution in [-0.2, 0) is 9.53 Å². The molecule has 7 nitrogen and oxygen atoms in total. The van der Waals surface area contributed by atoms with Crippen molar-refractivity contribution < 1.29 is 19.0 Å². The molecule has 1 aliphatic heterocycles. The van der Waals surface area contributed by atoms with Crippen molar-refractivity contribution in [2.24, 2.45) is 0 Å². The van der Waals surface area contributed by atoms with Crippen LogP contribution in [0.4, 0.5) is 21.8 Å². The molecule has 4 rings (SSSR count). The van der Waals surface area contributed by atoms with Crippen molar-refractivity contribution in [1.82, 2.24) is 9.97 Å². The summed E-state index contributed by atoms with van der Waals surface area (Å²) in [7, 11) is 0. The maximum absolute atomic E-state index is 13.6. The zero-order valence-corrected chi connectivity index (χ0v) is 17.6. The van der Waals surface area contributed by atoms with Crippen LogP contribution in [0.2, 0.25) is 0 Å². The van der Waals surface area contributed by atoms with Crippen LogP contribution in [0.3, 0.4) is 0 Å². The first-order chi connectivity index (χ1) is 15.5. The van der Waals surface area contributed by atoms with Gasteiger partial charge in [-0.15, -0.1) is 0 Å². The fraction of sp³-hybridized carbons (Fsp3) is 0.208. The number of aryl methyl sites for hydroxylation is 1. The third-order valence-corrected chi connectivity index (χ3v) is 5.11. The highest BCUT2D eigenvalue weighted by atomic mass is 19.1. The van der Waals surface area contributed by atoms with Crippen molar-refractivity contribution in [1.29, 1.82) is 0 Å². The summed E-state index contributed by atoms with van der Waals surface area (Å²) >= 11 is 0. The van der Waals surface area contributed by atoms with Crippen molar-refractivity contribution in [3.05, 3.63) is 71.7 Å². The molecule has 0 spiro atoms. The lowest BCUT2D eigenvalue weighted by Gasteiger charge is -2.29. The summed E-state index contributed by atoms with van der Waals surface area (Å²) in [6.45, 7) is 4.29. The second-order valence-corrected chi connectivity index (χ2v) is 7.42. The van der Waals surface area contributed by atoms with Gasteiger partial charge in [0.05, 0.1) is 13.2 Å².